The summed E-state index contributed by atoms with van der Waals surface area (Å²) in [5.74, 6) is 0.862. The largest absolute Gasteiger partial charge is 0.290 e. The summed E-state index contributed by atoms with van der Waals surface area (Å²) in [7, 11) is 0. The Labute approximate surface area is 172 Å². The molecule has 0 bridgehead atoms. The van der Waals surface area contributed by atoms with Gasteiger partial charge in [0.05, 0.1) is 0 Å². The Morgan fingerprint density at radius 2 is 2.04 bits per heavy atom. The third-order valence-electron chi connectivity index (χ3n) is 5.44. The molecule has 0 aliphatic heterocycles. The Morgan fingerprint density at radius 3 is 2.68 bits per heavy atom. The molecule has 2 atom stereocenters. The summed E-state index contributed by atoms with van der Waals surface area (Å²) in [6.45, 7) is 20.1. The molecule has 0 spiro atoms. The van der Waals surface area contributed by atoms with Crippen LogP contribution in [0.2, 0.25) is 0 Å². The number of hydrogen-bond donors (Lipinski definition) is 0. The fourth-order valence-corrected chi connectivity index (χ4v) is 4.04. The molecule has 2 rings (SSSR count). The summed E-state index contributed by atoms with van der Waals surface area (Å²) < 4.78 is 0. The highest BCUT2D eigenvalue weighted by Crippen LogP contribution is 2.45. The van der Waals surface area contributed by atoms with Gasteiger partial charge in [0.1, 0.15) is 0 Å². The van der Waals surface area contributed by atoms with Gasteiger partial charge in [0.25, 0.3) is 0 Å². The van der Waals surface area contributed by atoms with Crippen LogP contribution in [-0.4, -0.2) is 12.3 Å². The molecule has 0 saturated carbocycles. The molecule has 0 heterocycles. The second-order valence-electron chi connectivity index (χ2n) is 7.35. The molecule has 28 heavy (non-hydrogen) atoms. The monoisotopic (exact) mass is 373 g/mol. The molecule has 2 unspecified atom stereocenters. The van der Waals surface area contributed by atoms with Gasteiger partial charge in [-0.05, 0) is 78.4 Å². The van der Waals surface area contributed by atoms with E-state index in [1.807, 2.05) is 6.08 Å². The van der Waals surface area contributed by atoms with Crippen LogP contribution in [0.5, 0.6) is 0 Å². The van der Waals surface area contributed by atoms with Crippen molar-refractivity contribution >= 4 is 5.71 Å². The second kappa shape index (κ2) is 10.8. The highest BCUT2D eigenvalue weighted by atomic mass is 14.7. The Kier molecular flexibility index (Phi) is 8.44. The van der Waals surface area contributed by atoms with Crippen LogP contribution in [0.1, 0.15) is 46.5 Å². The van der Waals surface area contributed by atoms with Crippen LogP contribution in [0.3, 0.4) is 0 Å². The molecule has 0 aromatic heterocycles. The van der Waals surface area contributed by atoms with E-state index in [0.29, 0.717) is 11.8 Å². The standard InChI is InChI=1S/C27H35N/c1-7-11-15-24(28-10-4)18-23-19-27(20(5)22(9-3)14-8-2)21(6)25-16-12-13-17-26(23)25/h9,11-16,19,23,26H,3,5-8,10,17-18H2,1-2,4H3/b15-11-,22-14+,28-24?. The van der Waals surface area contributed by atoms with E-state index >= 15 is 0 Å². The third-order valence-corrected chi connectivity index (χ3v) is 5.44. The average molecular weight is 374 g/mol. The Bertz CT molecular complexity index is 792. The summed E-state index contributed by atoms with van der Waals surface area (Å²) in [5.41, 5.74) is 6.94. The lowest BCUT2D eigenvalue weighted by Crippen LogP contribution is -2.25. The van der Waals surface area contributed by atoms with Crippen LogP contribution >= 0.6 is 0 Å². The lowest BCUT2D eigenvalue weighted by Gasteiger charge is -2.36. The van der Waals surface area contributed by atoms with Crippen molar-refractivity contribution in [3.8, 4) is 0 Å². The van der Waals surface area contributed by atoms with Crippen molar-refractivity contribution < 1.29 is 0 Å². The number of rotatable bonds is 9. The van der Waals surface area contributed by atoms with Crippen molar-refractivity contribution in [1.82, 2.24) is 0 Å². The van der Waals surface area contributed by atoms with Crippen LogP contribution in [0.25, 0.3) is 0 Å². The molecular formula is C27H35N. The molecule has 1 nitrogen and oxygen atoms in total. The Balaban J connectivity index is 2.45. The summed E-state index contributed by atoms with van der Waals surface area (Å²) in [6.07, 6.45) is 21.6. The molecule has 2 aliphatic carbocycles. The first kappa shape index (κ1) is 21.9. The zero-order valence-electron chi connectivity index (χ0n) is 17.9. The molecule has 0 radical (unpaired) electrons. The summed E-state index contributed by atoms with van der Waals surface area (Å²) >= 11 is 0. The minimum Gasteiger partial charge on any atom is -0.290 e. The van der Waals surface area contributed by atoms with E-state index in [1.165, 1.54) is 11.3 Å². The zero-order chi connectivity index (χ0) is 20.5. The van der Waals surface area contributed by atoms with Gasteiger partial charge in [-0.25, -0.2) is 0 Å². The quantitative estimate of drug-likeness (QED) is 0.293. The fraction of sp³-hybridized carbons (Fsp3) is 0.370. The maximum atomic E-state index is 4.75. The first-order valence-corrected chi connectivity index (χ1v) is 10.6. The van der Waals surface area contributed by atoms with E-state index in [4.69, 9.17) is 4.99 Å². The molecular weight excluding hydrogens is 338 g/mol. The second-order valence-corrected chi connectivity index (χ2v) is 7.35. The van der Waals surface area contributed by atoms with Crippen LogP contribution < -0.4 is 0 Å². The molecule has 148 valence electrons. The van der Waals surface area contributed by atoms with Gasteiger partial charge in [0.15, 0.2) is 0 Å². The molecule has 2 aliphatic rings. The minimum absolute atomic E-state index is 0.396. The van der Waals surface area contributed by atoms with E-state index < -0.39 is 0 Å². The van der Waals surface area contributed by atoms with E-state index in [1.54, 1.807) is 0 Å². The van der Waals surface area contributed by atoms with Gasteiger partial charge in [-0.3, -0.25) is 4.99 Å². The predicted octanol–water partition coefficient (Wildman–Crippen LogP) is 7.50. The predicted molar refractivity (Wildman–Crippen MR) is 126 cm³/mol. The van der Waals surface area contributed by atoms with Crippen molar-refractivity contribution in [2.24, 2.45) is 16.8 Å². The van der Waals surface area contributed by atoms with Crippen molar-refractivity contribution in [3.05, 3.63) is 96.2 Å². The first-order chi connectivity index (χ1) is 13.6. The normalized spacial score (nSPS) is 22.8. The van der Waals surface area contributed by atoms with Gasteiger partial charge >= 0.3 is 0 Å². The molecule has 0 amide bonds. The number of allylic oxidation sites excluding steroid dienone is 13. The number of nitrogens with zero attached hydrogens (tertiary/aromatic N) is 1. The lowest BCUT2D eigenvalue weighted by molar-refractivity contribution is 0.459. The van der Waals surface area contributed by atoms with Crippen LogP contribution in [0, 0.1) is 11.8 Å². The third kappa shape index (κ3) is 5.10. The molecule has 0 aromatic carbocycles. The van der Waals surface area contributed by atoms with Crippen LogP contribution in [0.15, 0.2) is 101 Å². The van der Waals surface area contributed by atoms with E-state index in [9.17, 15) is 0 Å². The van der Waals surface area contributed by atoms with Crippen molar-refractivity contribution in [2.75, 3.05) is 6.54 Å². The van der Waals surface area contributed by atoms with E-state index in [-0.39, 0.29) is 0 Å². The first-order valence-electron chi connectivity index (χ1n) is 10.6. The summed E-state index contributed by atoms with van der Waals surface area (Å²) in [4.78, 5) is 4.75. The maximum Gasteiger partial charge on any atom is 0.0364 e. The van der Waals surface area contributed by atoms with E-state index in [2.05, 4.69) is 83.0 Å². The molecule has 0 N–H and O–H groups in total. The van der Waals surface area contributed by atoms with E-state index in [0.717, 1.165) is 54.5 Å². The summed E-state index contributed by atoms with van der Waals surface area (Å²) in [5, 5.41) is 0. The van der Waals surface area contributed by atoms with Crippen molar-refractivity contribution in [3.63, 3.8) is 0 Å². The number of hydrogen-bond acceptors (Lipinski definition) is 1. The van der Waals surface area contributed by atoms with Gasteiger partial charge < -0.3 is 0 Å². The topological polar surface area (TPSA) is 12.4 Å². The molecule has 0 fully saturated rings. The lowest BCUT2D eigenvalue weighted by atomic mass is 9.68. The molecule has 0 aromatic rings. The fourth-order valence-electron chi connectivity index (χ4n) is 4.04. The Morgan fingerprint density at radius 1 is 1.25 bits per heavy atom. The van der Waals surface area contributed by atoms with Gasteiger partial charge in [-0.2, -0.15) is 0 Å². The maximum absolute atomic E-state index is 4.75. The van der Waals surface area contributed by atoms with Gasteiger partial charge in [-0.1, -0.05) is 76.1 Å². The van der Waals surface area contributed by atoms with Gasteiger partial charge in [0, 0.05) is 12.3 Å². The smallest absolute Gasteiger partial charge is 0.0364 e. The van der Waals surface area contributed by atoms with Crippen LogP contribution in [-0.2, 0) is 0 Å². The van der Waals surface area contributed by atoms with Crippen molar-refractivity contribution in [2.45, 2.75) is 46.5 Å². The zero-order valence-corrected chi connectivity index (χ0v) is 17.9. The summed E-state index contributed by atoms with van der Waals surface area (Å²) in [6, 6.07) is 0. The van der Waals surface area contributed by atoms with Gasteiger partial charge in [-0.15, -0.1) is 0 Å². The highest BCUT2D eigenvalue weighted by Gasteiger charge is 2.32. The number of fused-ring (bicyclic) bond motifs is 1. The molecule has 0 saturated heterocycles. The average Bonchev–Trinajstić information content (AvgIpc) is 2.71. The van der Waals surface area contributed by atoms with Crippen LogP contribution in [0.4, 0.5) is 0 Å². The Hall–Kier alpha value is -2.41. The minimum atomic E-state index is 0.396. The molecule has 1 heteroatoms. The van der Waals surface area contributed by atoms with Gasteiger partial charge in [0.2, 0.25) is 0 Å². The SMILES string of the molecule is C=C/C(=C\CC)C(=C)C1=CC(CC(/C=C\CC)=NCC)C2CC=CC=C2C1=C. The highest BCUT2D eigenvalue weighted by molar-refractivity contribution is 5.95. The number of aliphatic imine (C=N–C) groups is 1. The van der Waals surface area contributed by atoms with Crippen molar-refractivity contribution in [1.29, 1.82) is 0 Å².